The van der Waals surface area contributed by atoms with Crippen LogP contribution in [0.25, 0.3) is 0 Å². The quantitative estimate of drug-likeness (QED) is 0.855. The normalized spacial score (nSPS) is 16.2. The van der Waals surface area contributed by atoms with Crippen LogP contribution in [0.3, 0.4) is 0 Å². The van der Waals surface area contributed by atoms with Gasteiger partial charge in [0, 0.05) is 11.1 Å². The molecule has 1 atom stereocenters. The standard InChI is InChI=1S/C15H12F2N2OS/c16-10-5-8(15(18)21)6-11(17)14(10)19-12-7-20-13-4-2-1-3-9(12)13/h1-6,12,19H,7H2,(H2,18,21). The third kappa shape index (κ3) is 2.54. The van der Waals surface area contributed by atoms with Crippen molar-refractivity contribution in [2.45, 2.75) is 6.04 Å². The molecule has 3 rings (SSSR count). The maximum absolute atomic E-state index is 14.0. The first kappa shape index (κ1) is 13.8. The van der Waals surface area contributed by atoms with Gasteiger partial charge in [0.05, 0.1) is 6.04 Å². The van der Waals surface area contributed by atoms with E-state index in [1.54, 1.807) is 0 Å². The fraction of sp³-hybridized carbons (Fsp3) is 0.133. The number of hydrogen-bond donors (Lipinski definition) is 2. The first-order chi connectivity index (χ1) is 10.1. The second kappa shape index (κ2) is 5.29. The lowest BCUT2D eigenvalue weighted by Gasteiger charge is -2.15. The zero-order valence-corrected chi connectivity index (χ0v) is 11.7. The van der Waals surface area contributed by atoms with Crippen LogP contribution >= 0.6 is 12.2 Å². The number of hydrogen-bond acceptors (Lipinski definition) is 3. The van der Waals surface area contributed by atoms with Crippen LogP contribution in [0.4, 0.5) is 14.5 Å². The minimum absolute atomic E-state index is 0.0473. The van der Waals surface area contributed by atoms with Gasteiger partial charge in [0.15, 0.2) is 0 Å². The van der Waals surface area contributed by atoms with Gasteiger partial charge < -0.3 is 15.8 Å². The summed E-state index contributed by atoms with van der Waals surface area (Å²) in [5.41, 5.74) is 6.21. The largest absolute Gasteiger partial charge is 0.491 e. The molecule has 0 saturated heterocycles. The number of fused-ring (bicyclic) bond motifs is 1. The van der Waals surface area contributed by atoms with E-state index in [1.807, 2.05) is 24.3 Å². The molecule has 1 heterocycles. The van der Waals surface area contributed by atoms with E-state index in [4.69, 9.17) is 22.7 Å². The molecule has 0 bridgehead atoms. The van der Waals surface area contributed by atoms with Gasteiger partial charge in [-0.25, -0.2) is 8.78 Å². The van der Waals surface area contributed by atoms with Crippen LogP contribution in [0, 0.1) is 11.6 Å². The molecule has 3 N–H and O–H groups in total. The minimum atomic E-state index is -0.734. The van der Waals surface area contributed by atoms with Crippen molar-refractivity contribution in [3.8, 4) is 5.75 Å². The average Bonchev–Trinajstić information content (AvgIpc) is 2.86. The Labute approximate surface area is 125 Å². The Morgan fingerprint density at radius 1 is 1.24 bits per heavy atom. The predicted octanol–water partition coefficient (Wildman–Crippen LogP) is 3.14. The van der Waals surface area contributed by atoms with Crippen molar-refractivity contribution < 1.29 is 13.5 Å². The molecule has 1 aliphatic heterocycles. The van der Waals surface area contributed by atoms with Crippen molar-refractivity contribution in [3.63, 3.8) is 0 Å². The molecule has 0 aliphatic carbocycles. The van der Waals surface area contributed by atoms with Gasteiger partial charge in [0.25, 0.3) is 0 Å². The van der Waals surface area contributed by atoms with Gasteiger partial charge in [-0.05, 0) is 18.2 Å². The van der Waals surface area contributed by atoms with Crippen LogP contribution in [0.15, 0.2) is 36.4 Å². The number of thiocarbonyl (C=S) groups is 1. The molecular weight excluding hydrogens is 294 g/mol. The number of anilines is 1. The topological polar surface area (TPSA) is 47.3 Å². The summed E-state index contributed by atoms with van der Waals surface area (Å²) in [6.45, 7) is 0.315. The monoisotopic (exact) mass is 306 g/mol. The molecule has 0 radical (unpaired) electrons. The molecule has 0 amide bonds. The lowest BCUT2D eigenvalue weighted by atomic mass is 10.1. The van der Waals surface area contributed by atoms with E-state index in [9.17, 15) is 8.78 Å². The van der Waals surface area contributed by atoms with E-state index in [0.717, 1.165) is 23.4 Å². The minimum Gasteiger partial charge on any atom is -0.491 e. The number of para-hydroxylation sites is 1. The second-order valence-electron chi connectivity index (χ2n) is 4.72. The summed E-state index contributed by atoms with van der Waals surface area (Å²) < 4.78 is 33.6. The number of nitrogens with one attached hydrogen (secondary N) is 1. The first-order valence-electron chi connectivity index (χ1n) is 6.33. The van der Waals surface area contributed by atoms with E-state index in [1.165, 1.54) is 0 Å². The van der Waals surface area contributed by atoms with Crippen LogP contribution in [0.2, 0.25) is 0 Å². The summed E-state index contributed by atoms with van der Waals surface area (Å²) in [5.74, 6) is -0.750. The number of nitrogens with two attached hydrogens (primary N) is 1. The third-order valence-electron chi connectivity index (χ3n) is 3.35. The predicted molar refractivity (Wildman–Crippen MR) is 80.5 cm³/mol. The lowest BCUT2D eigenvalue weighted by Crippen LogP contribution is -2.16. The van der Waals surface area contributed by atoms with Gasteiger partial charge in [-0.15, -0.1) is 0 Å². The summed E-state index contributed by atoms with van der Waals surface area (Å²) >= 11 is 4.72. The van der Waals surface area contributed by atoms with E-state index in [2.05, 4.69) is 5.32 Å². The van der Waals surface area contributed by atoms with E-state index >= 15 is 0 Å². The molecule has 0 spiro atoms. The highest BCUT2D eigenvalue weighted by Crippen LogP contribution is 2.35. The molecule has 0 saturated carbocycles. The van der Waals surface area contributed by atoms with E-state index in [0.29, 0.717) is 6.61 Å². The molecule has 6 heteroatoms. The van der Waals surface area contributed by atoms with Gasteiger partial charge in [0.1, 0.15) is 34.7 Å². The van der Waals surface area contributed by atoms with Crippen molar-refractivity contribution >= 4 is 22.9 Å². The summed E-state index contributed by atoms with van der Waals surface area (Å²) in [5, 5.41) is 2.84. The maximum atomic E-state index is 14.0. The van der Waals surface area contributed by atoms with E-state index in [-0.39, 0.29) is 22.3 Å². The molecule has 1 aliphatic rings. The smallest absolute Gasteiger partial charge is 0.150 e. The summed E-state index contributed by atoms with van der Waals surface area (Å²) in [6, 6.07) is 9.31. The second-order valence-corrected chi connectivity index (χ2v) is 5.16. The molecule has 21 heavy (non-hydrogen) atoms. The van der Waals surface area contributed by atoms with Gasteiger partial charge >= 0.3 is 0 Å². The molecule has 2 aromatic rings. The average molecular weight is 306 g/mol. The van der Waals surface area contributed by atoms with Gasteiger partial charge in [0.2, 0.25) is 0 Å². The summed E-state index contributed by atoms with van der Waals surface area (Å²) in [6.07, 6.45) is 0. The number of rotatable bonds is 3. The van der Waals surface area contributed by atoms with Crippen LogP contribution in [0.5, 0.6) is 5.75 Å². The Kier molecular flexibility index (Phi) is 3.47. The van der Waals surface area contributed by atoms with Crippen molar-refractivity contribution in [3.05, 3.63) is 59.2 Å². The summed E-state index contributed by atoms with van der Waals surface area (Å²) in [4.78, 5) is -0.0473. The Hall–Kier alpha value is -2.21. The van der Waals surface area contributed by atoms with Crippen molar-refractivity contribution in [1.29, 1.82) is 0 Å². The third-order valence-corrected chi connectivity index (χ3v) is 3.58. The van der Waals surface area contributed by atoms with Gasteiger partial charge in [-0.3, -0.25) is 0 Å². The fourth-order valence-corrected chi connectivity index (χ4v) is 2.43. The molecule has 2 aromatic carbocycles. The van der Waals surface area contributed by atoms with Gasteiger partial charge in [-0.1, -0.05) is 30.4 Å². The summed E-state index contributed by atoms with van der Waals surface area (Å²) in [7, 11) is 0. The van der Waals surface area contributed by atoms with Crippen molar-refractivity contribution in [1.82, 2.24) is 0 Å². The molecule has 0 fully saturated rings. The lowest BCUT2D eigenvalue weighted by molar-refractivity contribution is 0.339. The van der Waals surface area contributed by atoms with Crippen LogP contribution in [-0.4, -0.2) is 11.6 Å². The molecular formula is C15H12F2N2OS. The van der Waals surface area contributed by atoms with Crippen molar-refractivity contribution in [2.75, 3.05) is 11.9 Å². The molecule has 3 nitrogen and oxygen atoms in total. The van der Waals surface area contributed by atoms with Crippen LogP contribution in [0.1, 0.15) is 17.2 Å². The zero-order valence-electron chi connectivity index (χ0n) is 10.9. The Morgan fingerprint density at radius 2 is 1.90 bits per heavy atom. The fourth-order valence-electron chi connectivity index (χ4n) is 2.31. The molecule has 0 aromatic heterocycles. The highest BCUT2D eigenvalue weighted by atomic mass is 32.1. The number of halogens is 2. The molecule has 1 unspecified atom stereocenters. The zero-order chi connectivity index (χ0) is 15.0. The Bertz CT molecular complexity index is 698. The Balaban J connectivity index is 1.91. The molecule has 108 valence electrons. The SMILES string of the molecule is NC(=S)c1cc(F)c(NC2COc3ccccc32)c(F)c1. The first-order valence-corrected chi connectivity index (χ1v) is 6.74. The van der Waals surface area contributed by atoms with Crippen LogP contribution in [-0.2, 0) is 0 Å². The highest BCUT2D eigenvalue weighted by Gasteiger charge is 2.25. The van der Waals surface area contributed by atoms with Gasteiger partial charge in [-0.2, -0.15) is 0 Å². The Morgan fingerprint density at radius 3 is 2.57 bits per heavy atom. The van der Waals surface area contributed by atoms with E-state index < -0.39 is 11.6 Å². The number of benzene rings is 2. The maximum Gasteiger partial charge on any atom is 0.150 e. The number of ether oxygens (including phenoxy) is 1. The van der Waals surface area contributed by atoms with Crippen LogP contribution < -0.4 is 15.8 Å². The van der Waals surface area contributed by atoms with Crippen molar-refractivity contribution in [2.24, 2.45) is 5.73 Å². The highest BCUT2D eigenvalue weighted by molar-refractivity contribution is 7.80.